The van der Waals surface area contributed by atoms with E-state index in [-0.39, 0.29) is 11.9 Å². The van der Waals surface area contributed by atoms with Crippen molar-refractivity contribution in [2.75, 3.05) is 13.1 Å². The minimum Gasteiger partial charge on any atom is -0.337 e. The Morgan fingerprint density at radius 1 is 1.35 bits per heavy atom. The topological polar surface area (TPSA) is 32.3 Å². The number of benzene rings is 1. The number of nitrogens with zero attached hydrogens (tertiary/aromatic N) is 1. The zero-order valence-electron chi connectivity index (χ0n) is 10.1. The predicted octanol–water partition coefficient (Wildman–Crippen LogP) is 1.63. The van der Waals surface area contributed by atoms with E-state index in [1.54, 1.807) is 0 Å². The fourth-order valence-electron chi connectivity index (χ4n) is 3.00. The molecule has 1 N–H and O–H groups in total. The van der Waals surface area contributed by atoms with Gasteiger partial charge in [0.05, 0.1) is 0 Å². The number of rotatable bonds is 1. The summed E-state index contributed by atoms with van der Waals surface area (Å²) < 4.78 is 0. The first kappa shape index (κ1) is 10.8. The summed E-state index contributed by atoms with van der Waals surface area (Å²) >= 11 is 0. The van der Waals surface area contributed by atoms with Crippen LogP contribution in [-0.2, 0) is 4.79 Å². The Hall–Kier alpha value is -1.35. The molecule has 2 heterocycles. The third-order valence-corrected chi connectivity index (χ3v) is 3.96. The third kappa shape index (κ3) is 1.75. The van der Waals surface area contributed by atoms with Crippen LogP contribution in [0.5, 0.6) is 0 Å². The van der Waals surface area contributed by atoms with Gasteiger partial charge in [-0.3, -0.25) is 4.79 Å². The monoisotopic (exact) mass is 230 g/mol. The molecule has 3 heteroatoms. The minimum absolute atomic E-state index is 0.134. The zero-order chi connectivity index (χ0) is 11.8. The summed E-state index contributed by atoms with van der Waals surface area (Å²) in [5.74, 6) is 0.257. The first-order valence-electron chi connectivity index (χ1n) is 6.37. The second kappa shape index (κ2) is 4.15. The maximum absolute atomic E-state index is 12.4. The number of carbonyl (C=O) groups is 1. The van der Waals surface area contributed by atoms with Crippen molar-refractivity contribution in [1.29, 1.82) is 0 Å². The van der Waals surface area contributed by atoms with Gasteiger partial charge in [0, 0.05) is 19.1 Å². The number of fused-ring (bicyclic) bond motifs is 1. The van der Waals surface area contributed by atoms with Crippen LogP contribution in [0.25, 0.3) is 0 Å². The summed E-state index contributed by atoms with van der Waals surface area (Å²) in [4.78, 5) is 14.5. The fraction of sp³-hybridized carbons (Fsp3) is 0.500. The SMILES string of the molecule is Cc1ccccc1C1NCC2CCCN2C1=O. The highest BCUT2D eigenvalue weighted by molar-refractivity contribution is 5.85. The molecule has 0 bridgehead atoms. The van der Waals surface area contributed by atoms with Gasteiger partial charge in [-0.2, -0.15) is 0 Å². The summed E-state index contributed by atoms with van der Waals surface area (Å²) in [5, 5.41) is 3.41. The van der Waals surface area contributed by atoms with Crippen molar-refractivity contribution in [3.63, 3.8) is 0 Å². The second-order valence-corrected chi connectivity index (χ2v) is 5.03. The maximum Gasteiger partial charge on any atom is 0.244 e. The van der Waals surface area contributed by atoms with Crippen molar-refractivity contribution < 1.29 is 4.79 Å². The third-order valence-electron chi connectivity index (χ3n) is 3.96. The van der Waals surface area contributed by atoms with Crippen LogP contribution < -0.4 is 5.32 Å². The van der Waals surface area contributed by atoms with Gasteiger partial charge in [0.1, 0.15) is 6.04 Å². The minimum atomic E-state index is -0.134. The van der Waals surface area contributed by atoms with Gasteiger partial charge in [-0.15, -0.1) is 0 Å². The lowest BCUT2D eigenvalue weighted by Gasteiger charge is -2.36. The van der Waals surface area contributed by atoms with Crippen molar-refractivity contribution in [2.24, 2.45) is 0 Å². The summed E-state index contributed by atoms with van der Waals surface area (Å²) in [6.07, 6.45) is 2.30. The van der Waals surface area contributed by atoms with E-state index >= 15 is 0 Å². The van der Waals surface area contributed by atoms with Crippen LogP contribution in [0.4, 0.5) is 0 Å². The largest absolute Gasteiger partial charge is 0.337 e. The number of amides is 1. The molecule has 1 aromatic carbocycles. The zero-order valence-corrected chi connectivity index (χ0v) is 10.1. The van der Waals surface area contributed by atoms with Gasteiger partial charge in [-0.05, 0) is 30.9 Å². The molecule has 3 rings (SSSR count). The Morgan fingerprint density at radius 2 is 2.18 bits per heavy atom. The van der Waals surface area contributed by atoms with E-state index < -0.39 is 0 Å². The molecular weight excluding hydrogens is 212 g/mol. The molecule has 3 nitrogen and oxygen atoms in total. The average molecular weight is 230 g/mol. The maximum atomic E-state index is 12.4. The molecule has 0 aliphatic carbocycles. The second-order valence-electron chi connectivity index (χ2n) is 5.03. The predicted molar refractivity (Wildman–Crippen MR) is 66.7 cm³/mol. The van der Waals surface area contributed by atoms with Gasteiger partial charge < -0.3 is 10.2 Å². The van der Waals surface area contributed by atoms with Crippen LogP contribution in [0, 0.1) is 6.92 Å². The molecule has 2 aliphatic rings. The average Bonchev–Trinajstić information content (AvgIpc) is 2.80. The Labute approximate surface area is 102 Å². The van der Waals surface area contributed by atoms with E-state index in [2.05, 4.69) is 29.3 Å². The molecule has 2 saturated heterocycles. The van der Waals surface area contributed by atoms with E-state index in [0.29, 0.717) is 6.04 Å². The van der Waals surface area contributed by atoms with Crippen molar-refractivity contribution in [2.45, 2.75) is 31.8 Å². The van der Waals surface area contributed by atoms with E-state index in [0.717, 1.165) is 31.5 Å². The van der Waals surface area contributed by atoms with Gasteiger partial charge >= 0.3 is 0 Å². The van der Waals surface area contributed by atoms with E-state index in [1.807, 2.05) is 12.1 Å². The smallest absolute Gasteiger partial charge is 0.244 e. The molecule has 17 heavy (non-hydrogen) atoms. The quantitative estimate of drug-likeness (QED) is 0.795. The van der Waals surface area contributed by atoms with Crippen LogP contribution in [0.1, 0.15) is 30.0 Å². The van der Waals surface area contributed by atoms with Crippen molar-refractivity contribution in [3.05, 3.63) is 35.4 Å². The van der Waals surface area contributed by atoms with Crippen LogP contribution in [0.15, 0.2) is 24.3 Å². The molecule has 1 aromatic rings. The molecule has 0 aromatic heterocycles. The lowest BCUT2D eigenvalue weighted by atomic mass is 9.97. The normalized spacial score (nSPS) is 28.3. The Bertz CT molecular complexity index is 444. The molecule has 2 fully saturated rings. The Kier molecular flexibility index (Phi) is 2.63. The number of hydrogen-bond donors (Lipinski definition) is 1. The molecule has 1 amide bonds. The van der Waals surface area contributed by atoms with Crippen LogP contribution in [-0.4, -0.2) is 29.9 Å². The van der Waals surface area contributed by atoms with Gasteiger partial charge in [-0.1, -0.05) is 24.3 Å². The highest BCUT2D eigenvalue weighted by Crippen LogP contribution is 2.28. The summed E-state index contributed by atoms with van der Waals surface area (Å²) in [6, 6.07) is 8.45. The van der Waals surface area contributed by atoms with Gasteiger partial charge in [0.2, 0.25) is 5.91 Å². The number of aryl methyl sites for hydroxylation is 1. The molecule has 0 spiro atoms. The first-order valence-corrected chi connectivity index (χ1v) is 6.37. The number of hydrogen-bond acceptors (Lipinski definition) is 2. The van der Waals surface area contributed by atoms with E-state index in [1.165, 1.54) is 5.56 Å². The summed E-state index contributed by atoms with van der Waals surface area (Å²) in [5.41, 5.74) is 2.32. The lowest BCUT2D eigenvalue weighted by molar-refractivity contribution is -0.137. The van der Waals surface area contributed by atoms with Crippen LogP contribution in [0.2, 0.25) is 0 Å². The number of nitrogens with one attached hydrogen (secondary N) is 1. The van der Waals surface area contributed by atoms with Gasteiger partial charge in [0.15, 0.2) is 0 Å². The van der Waals surface area contributed by atoms with E-state index in [4.69, 9.17) is 0 Å². The molecule has 0 saturated carbocycles. The van der Waals surface area contributed by atoms with Crippen molar-refractivity contribution in [1.82, 2.24) is 10.2 Å². The highest BCUT2D eigenvalue weighted by Gasteiger charge is 2.38. The molecule has 2 aliphatic heterocycles. The van der Waals surface area contributed by atoms with Crippen molar-refractivity contribution >= 4 is 5.91 Å². The first-order chi connectivity index (χ1) is 8.27. The number of piperazine rings is 1. The van der Waals surface area contributed by atoms with Gasteiger partial charge in [-0.25, -0.2) is 0 Å². The molecule has 0 radical (unpaired) electrons. The fourth-order valence-corrected chi connectivity index (χ4v) is 3.00. The van der Waals surface area contributed by atoms with Crippen LogP contribution in [0.3, 0.4) is 0 Å². The Balaban J connectivity index is 1.90. The molecular formula is C14H18N2O. The molecule has 2 unspecified atom stereocenters. The highest BCUT2D eigenvalue weighted by atomic mass is 16.2. The summed E-state index contributed by atoms with van der Waals surface area (Å²) in [6.45, 7) is 3.94. The molecule has 90 valence electrons. The lowest BCUT2D eigenvalue weighted by Crippen LogP contribution is -2.53. The standard InChI is InChI=1S/C14H18N2O/c1-10-5-2-3-7-12(10)13-14(17)16-8-4-6-11(16)9-15-13/h2-3,5,7,11,13,15H,4,6,8-9H2,1H3. The van der Waals surface area contributed by atoms with Crippen molar-refractivity contribution in [3.8, 4) is 0 Å². The Morgan fingerprint density at radius 3 is 3.00 bits per heavy atom. The number of carbonyl (C=O) groups excluding carboxylic acids is 1. The molecule has 2 atom stereocenters. The van der Waals surface area contributed by atoms with Crippen LogP contribution >= 0.6 is 0 Å². The van der Waals surface area contributed by atoms with Gasteiger partial charge in [0.25, 0.3) is 0 Å². The summed E-state index contributed by atoms with van der Waals surface area (Å²) in [7, 11) is 0. The van der Waals surface area contributed by atoms with E-state index in [9.17, 15) is 4.79 Å².